The van der Waals surface area contributed by atoms with E-state index >= 15 is 0 Å². The molecule has 0 radical (unpaired) electrons. The zero-order valence-corrected chi connectivity index (χ0v) is 8.73. The molecular formula is C9H15NOSi. The Hall–Kier alpha value is -0.643. The number of hydrogen-bond donors (Lipinski definition) is 1. The molecule has 0 fully saturated rings. The van der Waals surface area contributed by atoms with Gasteiger partial charge in [-0.25, -0.2) is 0 Å². The van der Waals surface area contributed by atoms with Crippen molar-refractivity contribution in [2.45, 2.75) is 6.92 Å². The van der Waals surface area contributed by atoms with E-state index in [1.807, 2.05) is 32.2 Å². The molecule has 0 bridgehead atoms. The van der Waals surface area contributed by atoms with Gasteiger partial charge < -0.3 is 9.41 Å². The molecule has 1 N–H and O–H groups in total. The van der Waals surface area contributed by atoms with Crippen molar-refractivity contribution in [2.75, 3.05) is 13.7 Å². The Labute approximate surface area is 75.4 Å². The van der Waals surface area contributed by atoms with E-state index in [9.17, 15) is 0 Å². The van der Waals surface area contributed by atoms with E-state index in [4.69, 9.17) is 4.43 Å². The van der Waals surface area contributed by atoms with Crippen LogP contribution in [0.5, 0.6) is 0 Å². The maximum Gasteiger partial charge on any atom is 0.285 e. The number of benzene rings is 1. The Morgan fingerprint density at radius 1 is 1.33 bits per heavy atom. The molecule has 0 aromatic heterocycles. The minimum absolute atomic E-state index is 0.784. The quantitative estimate of drug-likeness (QED) is 0.678. The molecule has 2 nitrogen and oxygen atoms in total. The van der Waals surface area contributed by atoms with E-state index in [-0.39, 0.29) is 0 Å². The van der Waals surface area contributed by atoms with Crippen LogP contribution < -0.4 is 10.2 Å². The molecule has 1 unspecified atom stereocenters. The van der Waals surface area contributed by atoms with E-state index in [0.29, 0.717) is 0 Å². The molecule has 0 saturated heterocycles. The summed E-state index contributed by atoms with van der Waals surface area (Å²) in [7, 11) is 0.637. The van der Waals surface area contributed by atoms with E-state index in [1.54, 1.807) is 0 Å². The van der Waals surface area contributed by atoms with Gasteiger partial charge in [0.15, 0.2) is 0 Å². The molecule has 0 saturated carbocycles. The topological polar surface area (TPSA) is 21.3 Å². The van der Waals surface area contributed by atoms with Gasteiger partial charge in [0.05, 0.1) is 0 Å². The van der Waals surface area contributed by atoms with Crippen LogP contribution in [0, 0.1) is 0 Å². The number of hydrogen-bond acceptors (Lipinski definition) is 2. The molecule has 1 rings (SSSR count). The lowest BCUT2D eigenvalue weighted by Gasteiger charge is -2.13. The Bertz CT molecular complexity index is 215. The van der Waals surface area contributed by atoms with Crippen LogP contribution in [0.2, 0.25) is 0 Å². The van der Waals surface area contributed by atoms with Gasteiger partial charge in [0.2, 0.25) is 0 Å². The fourth-order valence-corrected chi connectivity index (χ4v) is 2.74. The first-order chi connectivity index (χ1) is 5.88. The maximum absolute atomic E-state index is 5.60. The third kappa shape index (κ3) is 2.44. The molecule has 0 aliphatic heterocycles. The van der Waals surface area contributed by atoms with Gasteiger partial charge in [-0.2, -0.15) is 0 Å². The lowest BCUT2D eigenvalue weighted by Crippen LogP contribution is -2.45. The van der Waals surface area contributed by atoms with Gasteiger partial charge in [0.25, 0.3) is 9.20 Å². The zero-order chi connectivity index (χ0) is 8.81. The first kappa shape index (κ1) is 9.44. The zero-order valence-electron chi connectivity index (χ0n) is 7.58. The van der Waals surface area contributed by atoms with Crippen molar-refractivity contribution in [3.05, 3.63) is 30.3 Å². The van der Waals surface area contributed by atoms with Crippen molar-refractivity contribution < 1.29 is 4.43 Å². The average Bonchev–Trinajstić information content (AvgIpc) is 2.15. The summed E-state index contributed by atoms with van der Waals surface area (Å²) in [5.41, 5.74) is 0. The molecule has 12 heavy (non-hydrogen) atoms. The highest BCUT2D eigenvalue weighted by Crippen LogP contribution is 1.87. The van der Waals surface area contributed by atoms with Crippen LogP contribution in [0.15, 0.2) is 30.3 Å². The standard InChI is InChI=1S/C9H15NOSi/c1-3-11-12(10-2)9-7-5-4-6-8-9/h4-8,10,12H,3H2,1-2H3. The first-order valence-electron chi connectivity index (χ1n) is 4.22. The molecule has 0 aliphatic rings. The third-order valence-electron chi connectivity index (χ3n) is 1.70. The van der Waals surface area contributed by atoms with Crippen LogP contribution in [0.1, 0.15) is 6.92 Å². The summed E-state index contributed by atoms with van der Waals surface area (Å²) in [6.07, 6.45) is 0. The van der Waals surface area contributed by atoms with Gasteiger partial charge in [-0.05, 0) is 19.2 Å². The molecule has 0 amide bonds. The van der Waals surface area contributed by atoms with Crippen LogP contribution in [0.3, 0.4) is 0 Å². The molecule has 3 heteroatoms. The van der Waals surface area contributed by atoms with Crippen LogP contribution in [0.25, 0.3) is 0 Å². The van der Waals surface area contributed by atoms with E-state index in [2.05, 4.69) is 17.1 Å². The summed E-state index contributed by atoms with van der Waals surface area (Å²) >= 11 is 0. The Kier molecular flexibility index (Phi) is 4.00. The number of rotatable bonds is 4. The summed E-state index contributed by atoms with van der Waals surface area (Å²) in [5, 5.41) is 1.31. The second-order valence-corrected chi connectivity index (χ2v) is 4.87. The minimum atomic E-state index is -1.32. The van der Waals surface area contributed by atoms with Gasteiger partial charge in [0.1, 0.15) is 0 Å². The van der Waals surface area contributed by atoms with Gasteiger partial charge in [-0.15, -0.1) is 0 Å². The highest BCUT2D eigenvalue weighted by molar-refractivity contribution is 6.64. The second-order valence-electron chi connectivity index (χ2n) is 2.53. The van der Waals surface area contributed by atoms with Gasteiger partial charge >= 0.3 is 0 Å². The molecule has 0 heterocycles. The van der Waals surface area contributed by atoms with Crippen molar-refractivity contribution in [3.8, 4) is 0 Å². The molecule has 0 spiro atoms. The molecular weight excluding hydrogens is 166 g/mol. The lowest BCUT2D eigenvalue weighted by atomic mass is 10.4. The van der Waals surface area contributed by atoms with Crippen molar-refractivity contribution in [1.29, 1.82) is 0 Å². The van der Waals surface area contributed by atoms with E-state index in [1.165, 1.54) is 5.19 Å². The maximum atomic E-state index is 5.60. The second kappa shape index (κ2) is 5.08. The predicted octanol–water partition coefficient (Wildman–Crippen LogP) is 0.370. The van der Waals surface area contributed by atoms with Gasteiger partial charge in [-0.1, -0.05) is 30.3 Å². The SMILES string of the molecule is CCO[SiH](NC)c1ccccc1. The van der Waals surface area contributed by atoms with Gasteiger partial charge in [0, 0.05) is 6.61 Å². The monoisotopic (exact) mass is 181 g/mol. The first-order valence-corrected chi connectivity index (χ1v) is 5.85. The smallest absolute Gasteiger partial charge is 0.285 e. The molecule has 1 aromatic rings. The van der Waals surface area contributed by atoms with Crippen LogP contribution in [-0.2, 0) is 4.43 Å². The average molecular weight is 181 g/mol. The number of nitrogens with one attached hydrogen (secondary N) is 1. The van der Waals surface area contributed by atoms with Gasteiger partial charge in [-0.3, -0.25) is 0 Å². The van der Waals surface area contributed by atoms with E-state index in [0.717, 1.165) is 6.61 Å². The van der Waals surface area contributed by atoms with Crippen LogP contribution >= 0.6 is 0 Å². The highest BCUT2D eigenvalue weighted by Gasteiger charge is 2.09. The van der Waals surface area contributed by atoms with Crippen LogP contribution in [0.4, 0.5) is 0 Å². The van der Waals surface area contributed by atoms with Crippen molar-refractivity contribution in [2.24, 2.45) is 0 Å². The minimum Gasteiger partial charge on any atom is -0.402 e. The summed E-state index contributed by atoms with van der Waals surface area (Å²) in [4.78, 5) is 3.24. The summed E-state index contributed by atoms with van der Waals surface area (Å²) in [6.45, 7) is 2.81. The molecule has 66 valence electrons. The Morgan fingerprint density at radius 2 is 2.00 bits per heavy atom. The predicted molar refractivity (Wildman–Crippen MR) is 53.9 cm³/mol. The largest absolute Gasteiger partial charge is 0.402 e. The molecule has 0 aliphatic carbocycles. The van der Waals surface area contributed by atoms with Crippen molar-refractivity contribution in [1.82, 2.24) is 4.98 Å². The normalized spacial score (nSPS) is 12.8. The fourth-order valence-electron chi connectivity index (χ4n) is 1.14. The summed E-state index contributed by atoms with van der Waals surface area (Å²) in [6, 6.07) is 10.3. The summed E-state index contributed by atoms with van der Waals surface area (Å²) in [5.74, 6) is 0. The highest BCUT2D eigenvalue weighted by atomic mass is 28.3. The Balaban J connectivity index is 2.66. The third-order valence-corrected chi connectivity index (χ3v) is 3.88. The van der Waals surface area contributed by atoms with Crippen molar-refractivity contribution in [3.63, 3.8) is 0 Å². The van der Waals surface area contributed by atoms with Crippen LogP contribution in [-0.4, -0.2) is 22.9 Å². The fraction of sp³-hybridized carbons (Fsp3) is 0.333. The van der Waals surface area contributed by atoms with Crippen molar-refractivity contribution >= 4 is 14.4 Å². The molecule has 1 aromatic carbocycles. The lowest BCUT2D eigenvalue weighted by molar-refractivity contribution is 0.344. The Morgan fingerprint density at radius 3 is 2.50 bits per heavy atom. The molecule has 1 atom stereocenters. The van der Waals surface area contributed by atoms with E-state index < -0.39 is 9.20 Å². The summed E-state index contributed by atoms with van der Waals surface area (Å²) < 4.78 is 5.60.